The second-order valence-electron chi connectivity index (χ2n) is 7.90. The van der Waals surface area contributed by atoms with E-state index in [1.807, 2.05) is 10.9 Å². The molecule has 2 atom stereocenters. The minimum atomic E-state index is -1.00. The van der Waals surface area contributed by atoms with Crippen LogP contribution in [-0.4, -0.2) is 32.0 Å². The van der Waals surface area contributed by atoms with Crippen molar-refractivity contribution < 1.29 is 9.90 Å². The molecular formula is C19H30N4O2. The highest BCUT2D eigenvalue weighted by Gasteiger charge is 2.31. The Bertz CT molecular complexity index is 630. The third kappa shape index (κ3) is 4.48. The number of carbonyl (C=O) groups is 1. The number of nitrogens with zero attached hydrogens (tertiary/aromatic N) is 3. The van der Waals surface area contributed by atoms with Crippen LogP contribution in [0.3, 0.4) is 0 Å². The molecule has 6 heteroatoms. The van der Waals surface area contributed by atoms with Gasteiger partial charge in [0.15, 0.2) is 0 Å². The molecule has 2 aliphatic rings. The number of aromatic nitrogens is 3. The number of hydrogen-bond donors (Lipinski definition) is 2. The third-order valence-corrected chi connectivity index (χ3v) is 5.36. The highest BCUT2D eigenvalue weighted by atomic mass is 16.3. The molecule has 2 N–H and O–H groups in total. The summed E-state index contributed by atoms with van der Waals surface area (Å²) < 4.78 is 1.83. The molecular weight excluding hydrogens is 316 g/mol. The number of carbonyl (C=O) groups excluding carboxylic acids is 1. The first-order chi connectivity index (χ1) is 11.9. The third-order valence-electron chi connectivity index (χ3n) is 5.36. The van der Waals surface area contributed by atoms with Gasteiger partial charge in [0.25, 0.3) is 0 Å². The molecule has 0 aromatic carbocycles. The Morgan fingerprint density at radius 2 is 2.04 bits per heavy atom. The van der Waals surface area contributed by atoms with E-state index in [0.717, 1.165) is 50.5 Å². The van der Waals surface area contributed by atoms with Gasteiger partial charge < -0.3 is 10.4 Å². The predicted molar refractivity (Wildman–Crippen MR) is 95.9 cm³/mol. The molecule has 6 nitrogen and oxygen atoms in total. The molecule has 138 valence electrons. The van der Waals surface area contributed by atoms with Crippen LogP contribution in [0.15, 0.2) is 17.8 Å². The van der Waals surface area contributed by atoms with Gasteiger partial charge in [-0.2, -0.15) is 0 Å². The normalized spacial score (nSPS) is 25.2. The second kappa shape index (κ2) is 7.68. The first-order valence-electron chi connectivity index (χ1n) is 9.60. The smallest absolute Gasteiger partial charge is 0.247 e. The van der Waals surface area contributed by atoms with E-state index < -0.39 is 5.60 Å². The Hall–Kier alpha value is -1.69. The van der Waals surface area contributed by atoms with Gasteiger partial charge in [0, 0.05) is 5.57 Å². The lowest BCUT2D eigenvalue weighted by Crippen LogP contribution is -2.43. The van der Waals surface area contributed by atoms with Crippen molar-refractivity contribution in [3.05, 3.63) is 23.5 Å². The Balaban J connectivity index is 1.71. The van der Waals surface area contributed by atoms with Crippen LogP contribution in [0, 0.1) is 0 Å². The maximum atomic E-state index is 12.7. The lowest BCUT2D eigenvalue weighted by atomic mass is 9.90. The van der Waals surface area contributed by atoms with Crippen molar-refractivity contribution in [3.63, 3.8) is 0 Å². The monoisotopic (exact) mass is 346 g/mol. The Labute approximate surface area is 149 Å². The highest BCUT2D eigenvalue weighted by molar-refractivity contribution is 5.93. The van der Waals surface area contributed by atoms with Gasteiger partial charge in [-0.3, -0.25) is 4.79 Å². The van der Waals surface area contributed by atoms with Crippen LogP contribution >= 0.6 is 0 Å². The lowest BCUT2D eigenvalue weighted by Gasteiger charge is -2.32. The molecule has 0 radical (unpaired) electrons. The van der Waals surface area contributed by atoms with Gasteiger partial charge in [-0.15, -0.1) is 5.10 Å². The summed E-state index contributed by atoms with van der Waals surface area (Å²) in [6, 6.07) is 0.175. The summed E-state index contributed by atoms with van der Waals surface area (Å²) in [6.45, 7) is 3.42. The Kier molecular flexibility index (Phi) is 5.57. The highest BCUT2D eigenvalue weighted by Crippen LogP contribution is 2.30. The summed E-state index contributed by atoms with van der Waals surface area (Å²) in [4.78, 5) is 12.7. The zero-order valence-electron chi connectivity index (χ0n) is 15.4. The van der Waals surface area contributed by atoms with Crippen molar-refractivity contribution in [3.8, 4) is 0 Å². The van der Waals surface area contributed by atoms with Crippen molar-refractivity contribution in [1.82, 2.24) is 20.3 Å². The first-order valence-corrected chi connectivity index (χ1v) is 9.60. The predicted octanol–water partition coefficient (Wildman–Crippen LogP) is 3.00. The van der Waals surface area contributed by atoms with E-state index in [9.17, 15) is 9.90 Å². The Morgan fingerprint density at radius 1 is 1.24 bits per heavy atom. The fraction of sp³-hybridized carbons (Fsp3) is 0.737. The maximum absolute atomic E-state index is 12.7. The SMILES string of the molecule is CC(C)(O)c1cn([C@@H]2CCCC[C@@H]2NC(=O)C2=CCCCCC2)nn1. The minimum absolute atomic E-state index is 0.0711. The van der Waals surface area contributed by atoms with Crippen molar-refractivity contribution in [2.24, 2.45) is 0 Å². The van der Waals surface area contributed by atoms with E-state index >= 15 is 0 Å². The molecule has 1 amide bonds. The van der Waals surface area contributed by atoms with E-state index in [1.54, 1.807) is 13.8 Å². The number of rotatable bonds is 4. The van der Waals surface area contributed by atoms with Crippen LogP contribution in [0.25, 0.3) is 0 Å². The summed E-state index contributed by atoms with van der Waals surface area (Å²) in [5.41, 5.74) is 0.504. The fourth-order valence-corrected chi connectivity index (χ4v) is 3.80. The molecule has 0 saturated heterocycles. The topological polar surface area (TPSA) is 80.0 Å². The van der Waals surface area contributed by atoms with E-state index in [1.165, 1.54) is 12.8 Å². The number of allylic oxidation sites excluding steroid dienone is 1. The van der Waals surface area contributed by atoms with Gasteiger partial charge in [-0.05, 0) is 52.4 Å². The maximum Gasteiger partial charge on any atom is 0.247 e. The zero-order chi connectivity index (χ0) is 17.9. The van der Waals surface area contributed by atoms with Crippen LogP contribution in [-0.2, 0) is 10.4 Å². The van der Waals surface area contributed by atoms with Crippen LogP contribution < -0.4 is 5.32 Å². The average Bonchev–Trinajstić information content (AvgIpc) is 2.91. The Morgan fingerprint density at radius 3 is 2.80 bits per heavy atom. The van der Waals surface area contributed by atoms with Crippen LogP contribution in [0.4, 0.5) is 0 Å². The van der Waals surface area contributed by atoms with Crippen molar-refractivity contribution >= 4 is 5.91 Å². The molecule has 0 unspecified atom stereocenters. The van der Waals surface area contributed by atoms with Crippen LogP contribution in [0.5, 0.6) is 0 Å². The standard InChI is InChI=1S/C19H30N4O2/c1-19(2,25)17-13-23(22-21-17)16-12-8-7-11-15(16)20-18(24)14-9-5-3-4-6-10-14/h9,13,15-16,25H,3-8,10-12H2,1-2H3,(H,20,24)/t15-,16+/m0/s1. The molecule has 1 saturated carbocycles. The summed E-state index contributed by atoms with van der Waals surface area (Å²) in [5.74, 6) is 0.0848. The van der Waals surface area contributed by atoms with Gasteiger partial charge in [0.05, 0.1) is 18.3 Å². The molecule has 1 aromatic rings. The van der Waals surface area contributed by atoms with Gasteiger partial charge in [-0.25, -0.2) is 4.68 Å². The number of hydrogen-bond acceptors (Lipinski definition) is 4. The molecule has 2 aliphatic carbocycles. The summed E-state index contributed by atoms with van der Waals surface area (Å²) >= 11 is 0. The van der Waals surface area contributed by atoms with Gasteiger partial charge in [0.1, 0.15) is 11.3 Å². The zero-order valence-corrected chi connectivity index (χ0v) is 15.4. The molecule has 0 aliphatic heterocycles. The fourth-order valence-electron chi connectivity index (χ4n) is 3.80. The molecule has 1 aromatic heterocycles. The average molecular weight is 346 g/mol. The van der Waals surface area contributed by atoms with Crippen molar-refractivity contribution in [1.29, 1.82) is 0 Å². The lowest BCUT2D eigenvalue weighted by molar-refractivity contribution is -0.118. The molecule has 0 bridgehead atoms. The minimum Gasteiger partial charge on any atom is -0.384 e. The molecule has 1 fully saturated rings. The van der Waals surface area contributed by atoms with Gasteiger partial charge >= 0.3 is 0 Å². The molecule has 3 rings (SSSR count). The first kappa shape index (κ1) is 18.1. The van der Waals surface area contributed by atoms with E-state index in [2.05, 4.69) is 21.7 Å². The quantitative estimate of drug-likeness (QED) is 0.878. The summed E-state index contributed by atoms with van der Waals surface area (Å²) in [7, 11) is 0. The second-order valence-corrected chi connectivity index (χ2v) is 7.90. The summed E-state index contributed by atoms with van der Waals surface area (Å²) in [6.07, 6.45) is 13.5. The largest absolute Gasteiger partial charge is 0.384 e. The molecule has 25 heavy (non-hydrogen) atoms. The van der Waals surface area contributed by atoms with Crippen molar-refractivity contribution in [2.45, 2.75) is 89.3 Å². The van der Waals surface area contributed by atoms with E-state index in [0.29, 0.717) is 5.69 Å². The van der Waals surface area contributed by atoms with Crippen molar-refractivity contribution in [2.75, 3.05) is 0 Å². The van der Waals surface area contributed by atoms with Gasteiger partial charge in [0.2, 0.25) is 5.91 Å². The van der Waals surface area contributed by atoms with E-state index in [4.69, 9.17) is 0 Å². The molecule has 0 spiro atoms. The number of aliphatic hydroxyl groups is 1. The summed E-state index contributed by atoms with van der Waals surface area (Å²) in [5, 5.41) is 21.7. The number of amides is 1. The van der Waals surface area contributed by atoms with Crippen LogP contribution in [0.2, 0.25) is 0 Å². The van der Waals surface area contributed by atoms with Gasteiger partial charge in [-0.1, -0.05) is 30.6 Å². The van der Waals surface area contributed by atoms with E-state index in [-0.39, 0.29) is 18.0 Å². The van der Waals surface area contributed by atoms with Crippen LogP contribution in [0.1, 0.15) is 83.4 Å². The number of nitrogens with one attached hydrogen (secondary N) is 1. The molecule has 1 heterocycles.